The maximum Gasteiger partial charge on any atom is 0.0794 e. The molecule has 1 aromatic heterocycles. The van der Waals surface area contributed by atoms with Crippen LogP contribution in [0.25, 0.3) is 0 Å². The number of thiazole rings is 1. The highest BCUT2D eigenvalue weighted by atomic mass is 32.1. The molecular formula is C14H22N2OS. The highest BCUT2D eigenvalue weighted by molar-refractivity contribution is 7.09. The Labute approximate surface area is 113 Å². The summed E-state index contributed by atoms with van der Waals surface area (Å²) in [7, 11) is 0. The monoisotopic (exact) mass is 266 g/mol. The van der Waals surface area contributed by atoms with Crippen molar-refractivity contribution >= 4 is 11.3 Å². The molecule has 3 nitrogen and oxygen atoms in total. The minimum Gasteiger partial charge on any atom is -0.393 e. The van der Waals surface area contributed by atoms with Gasteiger partial charge in [0.05, 0.1) is 11.6 Å². The fourth-order valence-corrected chi connectivity index (χ4v) is 3.75. The first-order valence-electron chi connectivity index (χ1n) is 7.05. The van der Waals surface area contributed by atoms with E-state index in [-0.39, 0.29) is 6.10 Å². The van der Waals surface area contributed by atoms with Crippen LogP contribution in [0.1, 0.15) is 43.4 Å². The van der Waals surface area contributed by atoms with Gasteiger partial charge in [0.15, 0.2) is 0 Å². The lowest BCUT2D eigenvalue weighted by atomic mass is 9.70. The number of hydrogen-bond acceptors (Lipinski definition) is 4. The van der Waals surface area contributed by atoms with E-state index in [1.54, 1.807) is 11.3 Å². The molecule has 0 amide bonds. The van der Waals surface area contributed by atoms with E-state index in [4.69, 9.17) is 0 Å². The van der Waals surface area contributed by atoms with Gasteiger partial charge in [-0.1, -0.05) is 0 Å². The molecule has 0 unspecified atom stereocenters. The normalized spacial score (nSPS) is 32.6. The van der Waals surface area contributed by atoms with Crippen molar-refractivity contribution in [2.75, 3.05) is 6.54 Å². The number of nitrogens with one attached hydrogen (secondary N) is 1. The number of aromatic nitrogens is 1. The van der Waals surface area contributed by atoms with Crippen LogP contribution in [0, 0.1) is 5.41 Å². The van der Waals surface area contributed by atoms with Crippen molar-refractivity contribution < 1.29 is 5.11 Å². The van der Waals surface area contributed by atoms with Crippen molar-refractivity contribution in [3.05, 3.63) is 16.6 Å². The van der Waals surface area contributed by atoms with Crippen molar-refractivity contribution in [1.82, 2.24) is 10.3 Å². The number of aliphatic hydroxyl groups excluding tert-OH is 1. The van der Waals surface area contributed by atoms with Crippen molar-refractivity contribution in [2.45, 2.75) is 57.1 Å². The Bertz CT molecular complexity index is 367. The summed E-state index contributed by atoms with van der Waals surface area (Å²) in [5, 5.41) is 13.4. The summed E-state index contributed by atoms with van der Waals surface area (Å²) in [6, 6.07) is 0.773. The average Bonchev–Trinajstić information content (AvgIpc) is 3.08. The molecule has 2 N–H and O–H groups in total. The minimum atomic E-state index is -0.0690. The number of aliphatic hydroxyl groups is 1. The zero-order valence-electron chi connectivity index (χ0n) is 10.8. The summed E-state index contributed by atoms with van der Waals surface area (Å²) < 4.78 is 0. The lowest BCUT2D eigenvalue weighted by Gasteiger charge is -2.39. The highest BCUT2D eigenvalue weighted by Gasteiger charge is 2.36. The molecule has 0 spiro atoms. The highest BCUT2D eigenvalue weighted by Crippen LogP contribution is 2.40. The van der Waals surface area contributed by atoms with E-state index >= 15 is 0 Å². The molecule has 1 heterocycles. The molecule has 0 atom stereocenters. The van der Waals surface area contributed by atoms with Gasteiger partial charge in [0.1, 0.15) is 0 Å². The lowest BCUT2D eigenvalue weighted by Crippen LogP contribution is -2.41. The summed E-state index contributed by atoms with van der Waals surface area (Å²) >= 11 is 1.76. The maximum atomic E-state index is 9.73. The molecule has 0 aliphatic heterocycles. The van der Waals surface area contributed by atoms with E-state index in [1.807, 2.05) is 11.7 Å². The van der Waals surface area contributed by atoms with Crippen molar-refractivity contribution in [3.8, 4) is 0 Å². The first kappa shape index (κ1) is 12.6. The Balaban J connectivity index is 1.65. The quantitative estimate of drug-likeness (QED) is 0.860. The van der Waals surface area contributed by atoms with Crippen LogP contribution in [0.15, 0.2) is 11.7 Å². The van der Waals surface area contributed by atoms with Crippen LogP contribution in [-0.2, 0) is 6.42 Å². The summed E-state index contributed by atoms with van der Waals surface area (Å²) in [4.78, 5) is 5.58. The van der Waals surface area contributed by atoms with Crippen LogP contribution in [0.3, 0.4) is 0 Å². The maximum absolute atomic E-state index is 9.73. The first-order chi connectivity index (χ1) is 8.76. The van der Waals surface area contributed by atoms with Gasteiger partial charge < -0.3 is 10.4 Å². The SMILES string of the molecule is OC1CCC(CNC2CC2)(Cc2cncs2)CC1. The summed E-state index contributed by atoms with van der Waals surface area (Å²) in [5.41, 5.74) is 2.28. The molecule has 1 aromatic rings. The smallest absolute Gasteiger partial charge is 0.0794 e. The Morgan fingerprint density at radius 1 is 1.33 bits per heavy atom. The Morgan fingerprint density at radius 3 is 2.72 bits per heavy atom. The number of hydrogen-bond donors (Lipinski definition) is 2. The second-order valence-corrected chi connectivity index (χ2v) is 7.00. The topological polar surface area (TPSA) is 45.1 Å². The van der Waals surface area contributed by atoms with Crippen LogP contribution < -0.4 is 5.32 Å². The summed E-state index contributed by atoms with van der Waals surface area (Å²) in [6.45, 7) is 1.11. The van der Waals surface area contributed by atoms with Gasteiger partial charge in [-0.3, -0.25) is 4.98 Å². The van der Waals surface area contributed by atoms with Crippen molar-refractivity contribution in [3.63, 3.8) is 0 Å². The minimum absolute atomic E-state index is 0.0690. The Morgan fingerprint density at radius 2 is 2.11 bits per heavy atom. The lowest BCUT2D eigenvalue weighted by molar-refractivity contribution is 0.0620. The van der Waals surface area contributed by atoms with Gasteiger partial charge >= 0.3 is 0 Å². The third-order valence-electron chi connectivity index (χ3n) is 4.39. The zero-order chi connectivity index (χ0) is 12.4. The molecule has 2 aliphatic carbocycles. The van der Waals surface area contributed by atoms with E-state index in [9.17, 15) is 5.11 Å². The molecule has 2 aliphatic rings. The predicted molar refractivity (Wildman–Crippen MR) is 73.8 cm³/mol. The average molecular weight is 266 g/mol. The molecule has 0 aromatic carbocycles. The van der Waals surface area contributed by atoms with E-state index in [2.05, 4.69) is 10.3 Å². The van der Waals surface area contributed by atoms with Gasteiger partial charge in [-0.15, -0.1) is 11.3 Å². The Kier molecular flexibility index (Phi) is 3.68. The van der Waals surface area contributed by atoms with E-state index in [1.165, 1.54) is 17.7 Å². The molecule has 100 valence electrons. The predicted octanol–water partition coefficient (Wildman–Crippen LogP) is 2.36. The molecule has 4 heteroatoms. The second kappa shape index (κ2) is 5.27. The van der Waals surface area contributed by atoms with Crippen LogP contribution in [0.2, 0.25) is 0 Å². The standard InChI is InChI=1S/C14H22N2OS/c17-12-3-5-14(6-4-12,9-16-11-1-2-11)7-13-8-15-10-18-13/h8,10-12,16-17H,1-7,9H2. The van der Waals surface area contributed by atoms with Crippen molar-refractivity contribution in [2.24, 2.45) is 5.41 Å². The number of nitrogens with zero attached hydrogens (tertiary/aromatic N) is 1. The van der Waals surface area contributed by atoms with E-state index in [0.717, 1.165) is 44.7 Å². The van der Waals surface area contributed by atoms with Crippen LogP contribution >= 0.6 is 11.3 Å². The largest absolute Gasteiger partial charge is 0.393 e. The summed E-state index contributed by atoms with van der Waals surface area (Å²) in [6.07, 6.45) is 9.98. The molecule has 18 heavy (non-hydrogen) atoms. The van der Waals surface area contributed by atoms with Crippen LogP contribution in [-0.4, -0.2) is 28.8 Å². The third-order valence-corrected chi connectivity index (χ3v) is 5.17. The fraction of sp³-hybridized carbons (Fsp3) is 0.786. The molecule has 0 saturated heterocycles. The second-order valence-electron chi connectivity index (χ2n) is 6.03. The first-order valence-corrected chi connectivity index (χ1v) is 7.93. The molecule has 0 bridgehead atoms. The van der Waals surface area contributed by atoms with Crippen molar-refractivity contribution in [1.29, 1.82) is 0 Å². The van der Waals surface area contributed by atoms with E-state index in [0.29, 0.717) is 5.41 Å². The Hall–Kier alpha value is -0.450. The van der Waals surface area contributed by atoms with Gasteiger partial charge in [0.2, 0.25) is 0 Å². The van der Waals surface area contributed by atoms with E-state index < -0.39 is 0 Å². The molecule has 0 radical (unpaired) electrons. The molecule has 2 saturated carbocycles. The van der Waals surface area contributed by atoms with Crippen LogP contribution in [0.4, 0.5) is 0 Å². The third kappa shape index (κ3) is 3.11. The van der Waals surface area contributed by atoms with Gasteiger partial charge in [0, 0.05) is 23.7 Å². The molecule has 3 rings (SSSR count). The summed E-state index contributed by atoms with van der Waals surface area (Å²) in [5.74, 6) is 0. The van der Waals surface area contributed by atoms with Crippen LogP contribution in [0.5, 0.6) is 0 Å². The molecule has 2 fully saturated rings. The van der Waals surface area contributed by atoms with Gasteiger partial charge in [0.25, 0.3) is 0 Å². The van der Waals surface area contributed by atoms with Gasteiger partial charge in [-0.05, 0) is 50.4 Å². The fourth-order valence-electron chi connectivity index (χ4n) is 2.98. The zero-order valence-corrected chi connectivity index (χ0v) is 11.6. The molecular weight excluding hydrogens is 244 g/mol. The van der Waals surface area contributed by atoms with Gasteiger partial charge in [-0.2, -0.15) is 0 Å². The number of rotatable bonds is 5. The van der Waals surface area contributed by atoms with Gasteiger partial charge in [-0.25, -0.2) is 0 Å².